The number of rotatable bonds is 4. The Bertz CT molecular complexity index is 2160. The summed E-state index contributed by atoms with van der Waals surface area (Å²) in [5.41, 5.74) is -2.98. The summed E-state index contributed by atoms with van der Waals surface area (Å²) in [4.78, 5) is 60.8. The molecule has 2 saturated carbocycles. The second-order valence-electron chi connectivity index (χ2n) is 16.7. The van der Waals surface area contributed by atoms with Crippen LogP contribution in [0.4, 0.5) is 18.0 Å². The minimum atomic E-state index is -4.63. The molecule has 1 aromatic carbocycles. The predicted octanol–water partition coefficient (Wildman–Crippen LogP) is 5.03. The maximum absolute atomic E-state index is 14.7. The Morgan fingerprint density at radius 2 is 1.89 bits per heavy atom. The number of para-hydroxylation sites is 1. The number of amides is 4. The molecular weight excluding hydrogens is 756 g/mol. The maximum Gasteiger partial charge on any atom is 0.418 e. The number of benzene rings is 1. The molecule has 0 unspecified atom stereocenters. The van der Waals surface area contributed by atoms with E-state index in [4.69, 9.17) is 9.47 Å². The van der Waals surface area contributed by atoms with Crippen molar-refractivity contribution in [1.82, 2.24) is 24.8 Å². The first kappa shape index (κ1) is 38.5. The monoisotopic (exact) mass is 801 g/mol. The molecule has 13 nitrogen and oxygen atoms in total. The fourth-order valence-corrected chi connectivity index (χ4v) is 11.0. The Labute approximate surface area is 322 Å². The van der Waals surface area contributed by atoms with Gasteiger partial charge in [0.2, 0.25) is 11.8 Å². The molecule has 2 spiro atoms. The third-order valence-corrected chi connectivity index (χ3v) is 14.6. The molecular formula is C39H46F3N5O8S. The van der Waals surface area contributed by atoms with Gasteiger partial charge in [-0.3, -0.25) is 14.4 Å². The zero-order chi connectivity index (χ0) is 40.0. The number of pyridine rings is 1. The Balaban J connectivity index is 1.14. The number of aryl methyl sites for hydroxylation is 2. The van der Waals surface area contributed by atoms with Crippen LogP contribution in [-0.4, -0.2) is 87.7 Å². The largest absolute Gasteiger partial charge is 0.483 e. The third-order valence-electron chi connectivity index (χ3n) is 12.2. The van der Waals surface area contributed by atoms with Gasteiger partial charge in [0.15, 0.2) is 4.87 Å². The summed E-state index contributed by atoms with van der Waals surface area (Å²) in [5.74, 6) is -2.03. The molecule has 4 aliphatic heterocycles. The molecule has 1 aromatic heterocycles. The van der Waals surface area contributed by atoms with E-state index in [9.17, 15) is 40.8 Å². The van der Waals surface area contributed by atoms with Crippen LogP contribution in [0.1, 0.15) is 94.9 Å². The molecule has 8 rings (SSSR count). The van der Waals surface area contributed by atoms with Gasteiger partial charge < -0.3 is 25.0 Å². The Hall–Kier alpha value is -4.41. The summed E-state index contributed by atoms with van der Waals surface area (Å²) in [6.07, 6.45) is 2.70. The molecule has 17 heteroatoms. The van der Waals surface area contributed by atoms with Gasteiger partial charge in [0.1, 0.15) is 29.0 Å². The average molecular weight is 802 g/mol. The van der Waals surface area contributed by atoms with Crippen LogP contribution in [0.2, 0.25) is 0 Å². The van der Waals surface area contributed by atoms with Gasteiger partial charge >= 0.3 is 12.3 Å². The van der Waals surface area contributed by atoms with E-state index in [1.807, 2.05) is 26.0 Å². The molecule has 5 atom stereocenters. The highest BCUT2D eigenvalue weighted by Crippen LogP contribution is 2.64. The average Bonchev–Trinajstić information content (AvgIpc) is 4.08. The minimum absolute atomic E-state index is 0.0364. The first-order valence-electron chi connectivity index (χ1n) is 19.4. The molecule has 2 aromatic rings. The lowest BCUT2D eigenvalue weighted by Gasteiger charge is -2.37. The lowest BCUT2D eigenvalue weighted by atomic mass is 9.86. The summed E-state index contributed by atoms with van der Waals surface area (Å²) in [6, 6.07) is 1.62. The number of carbonyl (C=O) groups excluding carboxylic acids is 4. The van der Waals surface area contributed by atoms with Crippen molar-refractivity contribution >= 4 is 44.7 Å². The molecule has 0 bridgehead atoms. The highest BCUT2D eigenvalue weighted by Gasteiger charge is 2.83. The van der Waals surface area contributed by atoms with Crippen LogP contribution in [-0.2, 0) is 41.7 Å². The predicted molar refractivity (Wildman–Crippen MR) is 195 cm³/mol. The maximum atomic E-state index is 14.7. The van der Waals surface area contributed by atoms with Crippen molar-refractivity contribution in [3.8, 4) is 5.75 Å². The summed E-state index contributed by atoms with van der Waals surface area (Å²) < 4.78 is 80.8. The zero-order valence-corrected chi connectivity index (χ0v) is 32.4. The van der Waals surface area contributed by atoms with Crippen LogP contribution >= 0.6 is 0 Å². The van der Waals surface area contributed by atoms with Gasteiger partial charge in [-0.15, -0.1) is 0 Å². The molecule has 4 fully saturated rings. The summed E-state index contributed by atoms with van der Waals surface area (Å²) >= 11 is 0. The lowest BCUT2D eigenvalue weighted by Crippen LogP contribution is -2.57. The molecule has 4 amide bonds. The molecule has 0 radical (unpaired) electrons. The lowest BCUT2D eigenvalue weighted by molar-refractivity contribution is -0.141. The van der Waals surface area contributed by atoms with E-state index in [1.165, 1.54) is 11.0 Å². The van der Waals surface area contributed by atoms with Gasteiger partial charge in [-0.05, 0) is 70.3 Å². The number of carbonyl (C=O) groups is 4. The number of nitrogens with one attached hydrogen (secondary N) is 2. The molecule has 56 heavy (non-hydrogen) atoms. The van der Waals surface area contributed by atoms with Crippen molar-refractivity contribution in [3.05, 3.63) is 47.2 Å². The quantitative estimate of drug-likeness (QED) is 0.319. The number of allylic oxidation sites excluding steroid dienone is 1. The van der Waals surface area contributed by atoms with Crippen molar-refractivity contribution in [2.24, 2.45) is 11.8 Å². The summed E-state index contributed by atoms with van der Waals surface area (Å²) in [5, 5.41) is 5.93. The van der Waals surface area contributed by atoms with Gasteiger partial charge in [0, 0.05) is 23.3 Å². The Morgan fingerprint density at radius 1 is 1.12 bits per heavy atom. The second kappa shape index (κ2) is 13.3. The smallest absolute Gasteiger partial charge is 0.418 e. The molecule has 2 N–H and O–H groups in total. The zero-order valence-electron chi connectivity index (χ0n) is 31.5. The first-order chi connectivity index (χ1) is 26.4. The van der Waals surface area contributed by atoms with E-state index in [2.05, 4.69) is 15.6 Å². The van der Waals surface area contributed by atoms with Gasteiger partial charge in [-0.2, -0.15) is 13.2 Å². The molecule has 2 aliphatic carbocycles. The van der Waals surface area contributed by atoms with Crippen molar-refractivity contribution in [2.75, 3.05) is 13.2 Å². The van der Waals surface area contributed by atoms with Crippen LogP contribution in [0.15, 0.2) is 30.4 Å². The van der Waals surface area contributed by atoms with Crippen molar-refractivity contribution in [1.29, 1.82) is 0 Å². The summed E-state index contributed by atoms with van der Waals surface area (Å²) in [7, 11) is -3.80. The van der Waals surface area contributed by atoms with E-state index in [0.29, 0.717) is 36.6 Å². The number of hydrogen-bond donors (Lipinski definition) is 2. The molecule has 5 heterocycles. The number of sulfonamides is 1. The number of hydrogen-bond acceptors (Lipinski definition) is 9. The fourth-order valence-electron chi connectivity index (χ4n) is 8.93. The van der Waals surface area contributed by atoms with Gasteiger partial charge in [0.05, 0.1) is 29.9 Å². The van der Waals surface area contributed by atoms with Crippen molar-refractivity contribution < 1.29 is 50.2 Å². The van der Waals surface area contributed by atoms with E-state index in [-0.39, 0.29) is 68.1 Å². The van der Waals surface area contributed by atoms with E-state index < -0.39 is 79.6 Å². The Kier molecular flexibility index (Phi) is 9.16. The number of alkyl halides is 3. The van der Waals surface area contributed by atoms with Crippen LogP contribution in [0.3, 0.4) is 0 Å². The van der Waals surface area contributed by atoms with Crippen LogP contribution in [0.25, 0.3) is 10.9 Å². The second-order valence-corrected chi connectivity index (χ2v) is 18.8. The number of alkyl carbamates (subject to hydrolysis) is 1. The molecule has 2 saturated heterocycles. The molecule has 6 aliphatic rings. The van der Waals surface area contributed by atoms with Gasteiger partial charge in [-0.25, -0.2) is 22.5 Å². The number of nitrogens with zero attached hydrogens (tertiary/aromatic N) is 3. The highest BCUT2D eigenvalue weighted by molar-refractivity contribution is 7.98. The van der Waals surface area contributed by atoms with E-state index in [1.54, 1.807) is 13.0 Å². The Morgan fingerprint density at radius 3 is 2.59 bits per heavy atom. The first-order valence-corrected chi connectivity index (χ1v) is 20.9. The third kappa shape index (κ3) is 6.37. The number of aromatic nitrogens is 1. The van der Waals surface area contributed by atoms with Crippen molar-refractivity contribution in [3.63, 3.8) is 0 Å². The van der Waals surface area contributed by atoms with Crippen LogP contribution < -0.4 is 15.4 Å². The van der Waals surface area contributed by atoms with Gasteiger partial charge in [-0.1, -0.05) is 51.0 Å². The van der Waals surface area contributed by atoms with Crippen LogP contribution in [0, 0.1) is 18.8 Å². The fraction of sp³-hybridized carbons (Fsp3) is 0.615. The van der Waals surface area contributed by atoms with Crippen LogP contribution in [0.5, 0.6) is 5.75 Å². The SMILES string of the molecule is Cc1nc2c(C(F)(F)F)cccc2c2c1O[C@]1(CC2)C[C@H]2C(=O)N[C@]3(C(=O)N4C5(CC5)S4(=O)=O)C[C@H]3/C=C\CCCCC[C@H](NC(=O)OCC(C)C)C(=O)N2C1. The number of ether oxygens (including phenoxy) is 2. The van der Waals surface area contributed by atoms with E-state index >= 15 is 0 Å². The standard InChI is InChI=1S/C39H46F3N5O8S/c1-22(2)20-54-35(51)44-28-13-8-6-4-5-7-10-24-18-38(24,34(50)47-37(16-17-37)56(47,52)53)45-32(48)29-19-36(21-46(29)33(28)49)15-14-26-25-11-9-12-27(39(40,41)42)30(25)43-23(3)31(26)55-36/h7,9-12,22,24,28-29H,4-6,8,13-21H2,1-3H3,(H,44,51)(H,45,48)/b10-7-/t24-,28+,29+,36-,38-,47?/m1/s1. The van der Waals surface area contributed by atoms with E-state index in [0.717, 1.165) is 23.2 Å². The van der Waals surface area contributed by atoms with Gasteiger partial charge in [0.25, 0.3) is 15.9 Å². The number of fused-ring (bicyclic) bond motifs is 5. The summed E-state index contributed by atoms with van der Waals surface area (Å²) in [6.45, 7) is 5.34. The highest BCUT2D eigenvalue weighted by atomic mass is 32.2. The normalized spacial score (nSPS) is 31.0. The topological polar surface area (TPSA) is 164 Å². The molecule has 302 valence electrons. The van der Waals surface area contributed by atoms with Crippen molar-refractivity contribution in [2.45, 2.75) is 126 Å². The number of halogens is 3. The minimum Gasteiger partial charge on any atom is -0.483 e.